The van der Waals surface area contributed by atoms with E-state index in [0.717, 1.165) is 36.2 Å². The Hall–Kier alpha value is -1.35. The number of anilines is 1. The van der Waals surface area contributed by atoms with Crippen LogP contribution in [0.4, 0.5) is 5.69 Å². The molecule has 2 rings (SSSR count). The maximum Gasteiger partial charge on any atom is 0.152 e. The zero-order chi connectivity index (χ0) is 12.4. The minimum atomic E-state index is 0.593. The average Bonchev–Trinajstić information content (AvgIpc) is 2.78. The van der Waals surface area contributed by atoms with Crippen LogP contribution in [0.2, 0.25) is 0 Å². The van der Waals surface area contributed by atoms with Crippen molar-refractivity contribution in [2.24, 2.45) is 0 Å². The molecule has 0 spiro atoms. The molecule has 1 aromatic carbocycles. The Morgan fingerprint density at radius 3 is 2.76 bits per heavy atom. The molecule has 1 saturated heterocycles. The first-order chi connectivity index (χ1) is 8.11. The summed E-state index contributed by atoms with van der Waals surface area (Å²) in [6.45, 7) is 4.06. The van der Waals surface area contributed by atoms with Crippen LogP contribution in [0.15, 0.2) is 18.2 Å². The smallest absolute Gasteiger partial charge is 0.152 e. The van der Waals surface area contributed by atoms with E-state index in [4.69, 9.17) is 0 Å². The summed E-state index contributed by atoms with van der Waals surface area (Å²) in [6.07, 6.45) is 2.13. The molecule has 3 nitrogen and oxygen atoms in total. The van der Waals surface area contributed by atoms with Crippen LogP contribution in [0.5, 0.6) is 0 Å². The molecule has 1 aromatic rings. The lowest BCUT2D eigenvalue weighted by atomic mass is 10.1. The van der Waals surface area contributed by atoms with Gasteiger partial charge in [-0.3, -0.25) is 4.79 Å². The number of likely N-dealkylation sites (N-methyl/N-ethyl adjacent to an activating group) is 1. The van der Waals surface area contributed by atoms with Crippen LogP contribution < -0.4 is 4.90 Å². The van der Waals surface area contributed by atoms with Gasteiger partial charge in [-0.05, 0) is 39.6 Å². The highest BCUT2D eigenvalue weighted by molar-refractivity contribution is 5.85. The molecule has 1 unspecified atom stereocenters. The molecule has 1 aliphatic heterocycles. The summed E-state index contributed by atoms with van der Waals surface area (Å²) >= 11 is 0. The monoisotopic (exact) mass is 232 g/mol. The first-order valence-corrected chi connectivity index (χ1v) is 6.09. The maximum absolute atomic E-state index is 11.1. The highest BCUT2D eigenvalue weighted by atomic mass is 16.1. The van der Waals surface area contributed by atoms with E-state index in [1.165, 1.54) is 6.42 Å². The lowest BCUT2D eigenvalue weighted by Crippen LogP contribution is -2.31. The molecule has 92 valence electrons. The Morgan fingerprint density at radius 1 is 1.41 bits per heavy atom. The van der Waals surface area contributed by atoms with Gasteiger partial charge in [-0.15, -0.1) is 0 Å². The maximum atomic E-state index is 11.1. The summed E-state index contributed by atoms with van der Waals surface area (Å²) < 4.78 is 0. The van der Waals surface area contributed by atoms with E-state index >= 15 is 0 Å². The zero-order valence-corrected chi connectivity index (χ0v) is 10.8. The predicted molar refractivity (Wildman–Crippen MR) is 70.9 cm³/mol. The van der Waals surface area contributed by atoms with Crippen molar-refractivity contribution in [1.82, 2.24) is 4.90 Å². The van der Waals surface area contributed by atoms with E-state index in [1.807, 2.05) is 13.0 Å². The summed E-state index contributed by atoms with van der Waals surface area (Å²) in [5.41, 5.74) is 3.03. The Bertz CT molecular complexity index is 415. The summed E-state index contributed by atoms with van der Waals surface area (Å²) in [5.74, 6) is 0. The van der Waals surface area contributed by atoms with Crippen LogP contribution in [-0.2, 0) is 0 Å². The van der Waals surface area contributed by atoms with Crippen molar-refractivity contribution < 1.29 is 4.79 Å². The van der Waals surface area contributed by atoms with Crippen LogP contribution in [0, 0.1) is 6.92 Å². The van der Waals surface area contributed by atoms with E-state index in [2.05, 4.69) is 36.0 Å². The highest BCUT2D eigenvalue weighted by Gasteiger charge is 2.25. The van der Waals surface area contributed by atoms with E-state index < -0.39 is 0 Å². The van der Waals surface area contributed by atoms with Crippen molar-refractivity contribution in [2.75, 3.05) is 32.1 Å². The van der Waals surface area contributed by atoms with Crippen molar-refractivity contribution in [2.45, 2.75) is 19.4 Å². The number of carbonyl (C=O) groups is 1. The fraction of sp³-hybridized carbons (Fsp3) is 0.500. The molecule has 1 fully saturated rings. The molecule has 0 aromatic heterocycles. The SMILES string of the molecule is Cc1ccc(N2CCC(N(C)C)C2)c(C=O)c1. The highest BCUT2D eigenvalue weighted by Crippen LogP contribution is 2.25. The number of hydrogen-bond donors (Lipinski definition) is 0. The van der Waals surface area contributed by atoms with Gasteiger partial charge in [0.25, 0.3) is 0 Å². The molecule has 3 heteroatoms. The van der Waals surface area contributed by atoms with Gasteiger partial charge in [-0.1, -0.05) is 11.6 Å². The number of hydrogen-bond acceptors (Lipinski definition) is 3. The van der Waals surface area contributed by atoms with Crippen molar-refractivity contribution in [3.05, 3.63) is 29.3 Å². The fourth-order valence-corrected chi connectivity index (χ4v) is 2.44. The van der Waals surface area contributed by atoms with Crippen LogP contribution in [0.1, 0.15) is 22.3 Å². The second-order valence-corrected chi connectivity index (χ2v) is 5.03. The number of nitrogens with zero attached hydrogens (tertiary/aromatic N) is 2. The molecular formula is C14H20N2O. The quantitative estimate of drug-likeness (QED) is 0.744. The second-order valence-electron chi connectivity index (χ2n) is 5.03. The fourth-order valence-electron chi connectivity index (χ4n) is 2.44. The van der Waals surface area contributed by atoms with Crippen LogP contribution in [0.25, 0.3) is 0 Å². The molecule has 0 amide bonds. The normalized spacial score (nSPS) is 20.0. The lowest BCUT2D eigenvalue weighted by molar-refractivity contribution is 0.112. The summed E-state index contributed by atoms with van der Waals surface area (Å²) in [4.78, 5) is 15.7. The van der Waals surface area contributed by atoms with Crippen LogP contribution in [-0.4, -0.2) is 44.4 Å². The van der Waals surface area contributed by atoms with Crippen molar-refractivity contribution in [3.63, 3.8) is 0 Å². The number of benzene rings is 1. The predicted octanol–water partition coefficient (Wildman–Crippen LogP) is 1.95. The lowest BCUT2D eigenvalue weighted by Gasteiger charge is -2.23. The minimum absolute atomic E-state index is 0.593. The van der Waals surface area contributed by atoms with Gasteiger partial charge in [0.2, 0.25) is 0 Å². The van der Waals surface area contributed by atoms with Crippen LogP contribution >= 0.6 is 0 Å². The van der Waals surface area contributed by atoms with Crippen LogP contribution in [0.3, 0.4) is 0 Å². The number of carbonyl (C=O) groups excluding carboxylic acids is 1. The first kappa shape index (κ1) is 12.1. The molecule has 0 radical (unpaired) electrons. The third-order valence-electron chi connectivity index (χ3n) is 3.54. The van der Waals surface area contributed by atoms with Gasteiger partial charge in [0.15, 0.2) is 6.29 Å². The molecule has 0 N–H and O–H groups in total. The molecule has 1 heterocycles. The molecule has 17 heavy (non-hydrogen) atoms. The van der Waals surface area contributed by atoms with E-state index in [1.54, 1.807) is 0 Å². The minimum Gasteiger partial charge on any atom is -0.369 e. The summed E-state index contributed by atoms with van der Waals surface area (Å²) in [6, 6.07) is 6.70. The number of aryl methyl sites for hydroxylation is 1. The van der Waals surface area contributed by atoms with Gasteiger partial charge >= 0.3 is 0 Å². The summed E-state index contributed by atoms with van der Waals surface area (Å²) in [5, 5.41) is 0. The molecule has 1 aliphatic rings. The Labute approximate surface area is 103 Å². The third kappa shape index (κ3) is 2.50. The summed E-state index contributed by atoms with van der Waals surface area (Å²) in [7, 11) is 4.23. The van der Waals surface area contributed by atoms with Crippen molar-refractivity contribution >= 4 is 12.0 Å². The molecular weight excluding hydrogens is 212 g/mol. The average molecular weight is 232 g/mol. The standard InChI is InChI=1S/C14H20N2O/c1-11-4-5-14(12(8-11)10-17)16-7-6-13(9-16)15(2)3/h4-5,8,10,13H,6-7,9H2,1-3H3. The van der Waals surface area contributed by atoms with Gasteiger partial charge in [-0.25, -0.2) is 0 Å². The number of aldehydes is 1. The van der Waals surface area contributed by atoms with Gasteiger partial charge in [0.05, 0.1) is 0 Å². The van der Waals surface area contributed by atoms with E-state index in [0.29, 0.717) is 6.04 Å². The second kappa shape index (κ2) is 4.88. The molecule has 0 bridgehead atoms. The van der Waals surface area contributed by atoms with Crippen molar-refractivity contribution in [3.8, 4) is 0 Å². The van der Waals surface area contributed by atoms with Gasteiger partial charge < -0.3 is 9.80 Å². The van der Waals surface area contributed by atoms with Gasteiger partial charge in [-0.2, -0.15) is 0 Å². The first-order valence-electron chi connectivity index (χ1n) is 6.09. The largest absolute Gasteiger partial charge is 0.369 e. The number of rotatable bonds is 3. The van der Waals surface area contributed by atoms with E-state index in [-0.39, 0.29) is 0 Å². The zero-order valence-electron chi connectivity index (χ0n) is 10.8. The van der Waals surface area contributed by atoms with Gasteiger partial charge in [0.1, 0.15) is 0 Å². The Kier molecular flexibility index (Phi) is 3.48. The Morgan fingerprint density at radius 2 is 2.18 bits per heavy atom. The Balaban J connectivity index is 2.21. The molecule has 1 atom stereocenters. The molecule has 0 aliphatic carbocycles. The van der Waals surface area contributed by atoms with E-state index in [9.17, 15) is 4.79 Å². The van der Waals surface area contributed by atoms with Crippen molar-refractivity contribution in [1.29, 1.82) is 0 Å². The third-order valence-corrected chi connectivity index (χ3v) is 3.54. The van der Waals surface area contributed by atoms with Gasteiger partial charge in [0, 0.05) is 30.4 Å². The molecule has 0 saturated carbocycles. The topological polar surface area (TPSA) is 23.6 Å².